The molecule has 218 valence electrons. The number of H-pyrrole nitrogens is 1. The van der Waals surface area contributed by atoms with Gasteiger partial charge in [-0.3, -0.25) is 4.79 Å². The number of benzene rings is 3. The van der Waals surface area contributed by atoms with Crippen molar-refractivity contribution in [2.75, 3.05) is 18.5 Å². The predicted octanol–water partition coefficient (Wildman–Crippen LogP) is 5.65. The molecule has 1 aliphatic carbocycles. The van der Waals surface area contributed by atoms with Gasteiger partial charge in [0.15, 0.2) is 0 Å². The number of aliphatic hydroxyl groups excluding tert-OH is 1. The van der Waals surface area contributed by atoms with E-state index in [4.69, 9.17) is 4.74 Å². The number of aromatic nitrogens is 1. The first kappa shape index (κ1) is 28.0. The molecule has 1 spiro atoms. The molecule has 2 aliphatic rings. The molecule has 1 fully saturated rings. The van der Waals surface area contributed by atoms with Gasteiger partial charge in [-0.05, 0) is 68.5 Å². The highest BCUT2D eigenvalue weighted by molar-refractivity contribution is 6.07. The summed E-state index contributed by atoms with van der Waals surface area (Å²) in [5.41, 5.74) is 5.33. The number of para-hydroxylation sites is 1. The van der Waals surface area contributed by atoms with Crippen LogP contribution in [0.3, 0.4) is 0 Å². The summed E-state index contributed by atoms with van der Waals surface area (Å²) in [6, 6.07) is 18.7. The Morgan fingerprint density at radius 3 is 2.55 bits per heavy atom. The molecule has 6 rings (SSSR count). The molecule has 1 aromatic heterocycles. The third-order valence-electron chi connectivity index (χ3n) is 8.77. The SMILES string of the molecule is CC(C)(Cc1c[nH]c2c(-c3ccc(C(=O)O)cc3)cccc12)NC[C@H](O)COc1cccc2c1C1(CCCC1)C(=O)N2. The number of rotatable bonds is 10. The van der Waals surface area contributed by atoms with Gasteiger partial charge >= 0.3 is 5.97 Å². The minimum atomic E-state index is -0.942. The third-order valence-corrected chi connectivity index (χ3v) is 8.77. The van der Waals surface area contributed by atoms with Gasteiger partial charge in [0.25, 0.3) is 0 Å². The van der Waals surface area contributed by atoms with Crippen molar-refractivity contribution >= 4 is 28.5 Å². The Hall–Kier alpha value is -4.14. The fourth-order valence-corrected chi connectivity index (χ4v) is 6.63. The fraction of sp³-hybridized carbons (Fsp3) is 0.353. The lowest BCUT2D eigenvalue weighted by Crippen LogP contribution is -2.46. The molecular formula is C34H37N3O5. The van der Waals surface area contributed by atoms with Gasteiger partial charge in [-0.25, -0.2) is 4.79 Å². The summed E-state index contributed by atoms with van der Waals surface area (Å²) in [6.45, 7) is 4.70. The first-order valence-corrected chi connectivity index (χ1v) is 14.6. The molecule has 0 bridgehead atoms. The predicted molar refractivity (Wildman–Crippen MR) is 163 cm³/mol. The average molecular weight is 568 g/mol. The summed E-state index contributed by atoms with van der Waals surface area (Å²) in [4.78, 5) is 27.5. The van der Waals surface area contributed by atoms with Crippen LogP contribution in [-0.4, -0.2) is 51.9 Å². The van der Waals surface area contributed by atoms with Gasteiger partial charge < -0.3 is 30.6 Å². The zero-order valence-corrected chi connectivity index (χ0v) is 24.0. The van der Waals surface area contributed by atoms with Gasteiger partial charge in [0, 0.05) is 40.5 Å². The summed E-state index contributed by atoms with van der Waals surface area (Å²) in [6.07, 6.45) is 5.74. The Bertz CT molecular complexity index is 1630. The van der Waals surface area contributed by atoms with Crippen LogP contribution in [0.5, 0.6) is 5.75 Å². The summed E-state index contributed by atoms with van der Waals surface area (Å²) >= 11 is 0. The topological polar surface area (TPSA) is 124 Å². The van der Waals surface area contributed by atoms with E-state index < -0.39 is 17.5 Å². The monoisotopic (exact) mass is 567 g/mol. The minimum Gasteiger partial charge on any atom is -0.490 e. The van der Waals surface area contributed by atoms with E-state index >= 15 is 0 Å². The molecule has 0 saturated heterocycles. The number of carboxylic acids is 1. The number of hydrogen-bond acceptors (Lipinski definition) is 5. The van der Waals surface area contributed by atoms with Crippen LogP contribution < -0.4 is 15.4 Å². The van der Waals surface area contributed by atoms with Crippen LogP contribution in [0.1, 0.15) is 61.0 Å². The van der Waals surface area contributed by atoms with Crippen LogP contribution in [0.2, 0.25) is 0 Å². The number of aromatic carboxylic acids is 1. The summed E-state index contributed by atoms with van der Waals surface area (Å²) in [5, 5.41) is 27.7. The zero-order valence-electron chi connectivity index (χ0n) is 24.0. The largest absolute Gasteiger partial charge is 0.490 e. The number of amides is 1. The second kappa shape index (κ2) is 10.9. The first-order valence-electron chi connectivity index (χ1n) is 14.6. The maximum atomic E-state index is 12.8. The van der Waals surface area contributed by atoms with Gasteiger partial charge in [-0.1, -0.05) is 49.2 Å². The molecule has 1 aliphatic heterocycles. The molecule has 1 saturated carbocycles. The molecule has 42 heavy (non-hydrogen) atoms. The fourth-order valence-electron chi connectivity index (χ4n) is 6.63. The van der Waals surface area contributed by atoms with Gasteiger partial charge in [0.05, 0.1) is 16.5 Å². The van der Waals surface area contributed by atoms with E-state index in [9.17, 15) is 19.8 Å². The van der Waals surface area contributed by atoms with Crippen molar-refractivity contribution in [1.82, 2.24) is 10.3 Å². The highest BCUT2D eigenvalue weighted by atomic mass is 16.5. The molecule has 5 N–H and O–H groups in total. The highest BCUT2D eigenvalue weighted by Gasteiger charge is 2.50. The van der Waals surface area contributed by atoms with E-state index in [-0.39, 0.29) is 23.6 Å². The molecule has 2 heterocycles. The van der Waals surface area contributed by atoms with Gasteiger partial charge in [-0.15, -0.1) is 0 Å². The Balaban J connectivity index is 1.10. The van der Waals surface area contributed by atoms with E-state index in [2.05, 4.69) is 35.5 Å². The second-order valence-electron chi connectivity index (χ2n) is 12.3. The molecule has 3 aromatic carbocycles. The van der Waals surface area contributed by atoms with Crippen molar-refractivity contribution in [3.63, 3.8) is 0 Å². The molecule has 0 radical (unpaired) electrons. The van der Waals surface area contributed by atoms with Gasteiger partial charge in [0.1, 0.15) is 18.5 Å². The summed E-state index contributed by atoms with van der Waals surface area (Å²) in [7, 11) is 0. The van der Waals surface area contributed by atoms with Gasteiger partial charge in [-0.2, -0.15) is 0 Å². The molecule has 8 nitrogen and oxygen atoms in total. The average Bonchev–Trinajstić information content (AvgIpc) is 3.70. The van der Waals surface area contributed by atoms with Crippen molar-refractivity contribution in [1.29, 1.82) is 0 Å². The van der Waals surface area contributed by atoms with E-state index in [1.54, 1.807) is 12.1 Å². The molecular weight excluding hydrogens is 530 g/mol. The Labute approximate surface area is 245 Å². The lowest BCUT2D eigenvalue weighted by Gasteiger charge is -2.28. The highest BCUT2D eigenvalue weighted by Crippen LogP contribution is 2.52. The van der Waals surface area contributed by atoms with E-state index in [0.29, 0.717) is 12.3 Å². The maximum Gasteiger partial charge on any atom is 0.335 e. The number of carbonyl (C=O) groups is 2. The summed E-state index contributed by atoms with van der Waals surface area (Å²) < 4.78 is 6.13. The molecule has 0 unspecified atom stereocenters. The number of carbonyl (C=O) groups excluding carboxylic acids is 1. The standard InChI is InChI=1S/C34H37N3O5/c1-33(2,17-23-18-35-30-25(7-5-8-26(23)30)21-11-13-22(14-12-21)31(39)40)36-19-24(38)20-42-28-10-6-9-27-29(28)34(32(41)37-27)15-3-4-16-34/h5-14,18,24,35-36,38H,3-4,15-17,19-20H2,1-2H3,(H,37,41)(H,39,40)/t24-/m0/s1. The minimum absolute atomic E-state index is 0.0653. The lowest BCUT2D eigenvalue weighted by molar-refractivity contribution is -0.120. The number of fused-ring (bicyclic) bond motifs is 3. The zero-order chi connectivity index (χ0) is 29.5. The number of aromatic amines is 1. The van der Waals surface area contributed by atoms with E-state index in [0.717, 1.165) is 70.9 Å². The number of hydrogen-bond donors (Lipinski definition) is 5. The van der Waals surface area contributed by atoms with Crippen LogP contribution in [0.4, 0.5) is 5.69 Å². The number of carboxylic acid groups (broad SMARTS) is 1. The second-order valence-corrected chi connectivity index (χ2v) is 12.3. The molecule has 4 aromatic rings. The van der Waals surface area contributed by atoms with Gasteiger partial charge in [0.2, 0.25) is 5.91 Å². The number of β-amino-alcohol motifs (C(OH)–C–C–N with tert-alkyl or cyclic N) is 1. The van der Waals surface area contributed by atoms with Crippen molar-refractivity contribution in [2.24, 2.45) is 0 Å². The Morgan fingerprint density at radius 2 is 1.81 bits per heavy atom. The van der Waals surface area contributed by atoms with Crippen LogP contribution in [0.15, 0.2) is 66.9 Å². The van der Waals surface area contributed by atoms with Crippen LogP contribution >= 0.6 is 0 Å². The third kappa shape index (κ3) is 5.16. The van der Waals surface area contributed by atoms with Crippen molar-refractivity contribution in [3.8, 4) is 16.9 Å². The number of ether oxygens (including phenoxy) is 1. The Kier molecular flexibility index (Phi) is 7.29. The Morgan fingerprint density at radius 1 is 1.07 bits per heavy atom. The number of anilines is 1. The first-order chi connectivity index (χ1) is 20.2. The number of nitrogens with one attached hydrogen (secondary N) is 3. The normalized spacial score (nSPS) is 16.5. The molecule has 1 amide bonds. The maximum absolute atomic E-state index is 12.8. The van der Waals surface area contributed by atoms with Crippen LogP contribution in [0.25, 0.3) is 22.0 Å². The van der Waals surface area contributed by atoms with Crippen LogP contribution in [0, 0.1) is 0 Å². The van der Waals surface area contributed by atoms with E-state index in [1.165, 1.54) is 0 Å². The molecule has 1 atom stereocenters. The van der Waals surface area contributed by atoms with E-state index in [1.807, 2.05) is 48.7 Å². The van der Waals surface area contributed by atoms with Crippen molar-refractivity contribution < 1.29 is 24.5 Å². The van der Waals surface area contributed by atoms with Crippen molar-refractivity contribution in [3.05, 3.63) is 83.6 Å². The van der Waals surface area contributed by atoms with Crippen LogP contribution in [-0.2, 0) is 16.6 Å². The smallest absolute Gasteiger partial charge is 0.335 e. The number of aliphatic hydroxyl groups is 1. The quantitative estimate of drug-likeness (QED) is 0.169. The van der Waals surface area contributed by atoms with Crippen molar-refractivity contribution in [2.45, 2.75) is 63.0 Å². The lowest BCUT2D eigenvalue weighted by atomic mass is 9.79. The summed E-state index contributed by atoms with van der Waals surface area (Å²) in [5.74, 6) is -0.197. The molecule has 8 heteroatoms.